The molecule has 0 aliphatic carbocycles. The second kappa shape index (κ2) is 4.01. The predicted molar refractivity (Wildman–Crippen MR) is 54.1 cm³/mol. The van der Waals surface area contributed by atoms with Crippen LogP contribution in [0.4, 0.5) is 0 Å². The molecule has 0 radical (unpaired) electrons. The molecule has 0 aromatic heterocycles. The van der Waals surface area contributed by atoms with Crippen molar-refractivity contribution in [3.05, 3.63) is 28.7 Å². The zero-order valence-electron chi connectivity index (χ0n) is 5.71. The van der Waals surface area contributed by atoms with Crippen LogP contribution in [0.2, 0.25) is 0 Å². The van der Waals surface area contributed by atoms with Gasteiger partial charge in [0.2, 0.25) is 0 Å². The van der Waals surface area contributed by atoms with Crippen LogP contribution < -0.4 is 4.52 Å². The number of hydrogen-bond donors (Lipinski definition) is 0. The van der Waals surface area contributed by atoms with Crippen molar-refractivity contribution in [3.63, 3.8) is 0 Å². The second-order valence-corrected chi connectivity index (χ2v) is 7.08. The molecule has 1 aromatic rings. The van der Waals surface area contributed by atoms with Crippen molar-refractivity contribution in [3.8, 4) is 5.75 Å². The molecular weight excluding hydrogens is 286 g/mol. The van der Waals surface area contributed by atoms with Gasteiger partial charge in [-0.2, -0.15) is 0 Å². The van der Waals surface area contributed by atoms with Crippen LogP contribution in [0.5, 0.6) is 5.75 Å². The van der Waals surface area contributed by atoms with E-state index in [1.165, 1.54) is 0 Å². The SMILES string of the molecule is O=P(Cl)(Cl)Oc1ccc(Br)cc1. The first-order chi connectivity index (χ1) is 5.47. The first-order valence-electron chi connectivity index (χ1n) is 2.92. The average molecular weight is 290 g/mol. The van der Waals surface area contributed by atoms with Gasteiger partial charge in [-0.1, -0.05) is 15.9 Å². The van der Waals surface area contributed by atoms with E-state index in [4.69, 9.17) is 27.0 Å². The van der Waals surface area contributed by atoms with Crippen molar-refractivity contribution in [2.45, 2.75) is 0 Å². The lowest BCUT2D eigenvalue weighted by molar-refractivity contribution is 0.513. The first-order valence-corrected chi connectivity index (χ1v) is 7.15. The lowest BCUT2D eigenvalue weighted by Crippen LogP contribution is -1.80. The molecule has 2 nitrogen and oxygen atoms in total. The number of rotatable bonds is 2. The van der Waals surface area contributed by atoms with Crippen molar-refractivity contribution in [1.82, 2.24) is 0 Å². The summed E-state index contributed by atoms with van der Waals surface area (Å²) in [5.41, 5.74) is 0. The topological polar surface area (TPSA) is 26.3 Å². The van der Waals surface area contributed by atoms with Crippen LogP contribution in [0.1, 0.15) is 0 Å². The third-order valence-corrected chi connectivity index (χ3v) is 2.39. The molecule has 0 spiro atoms. The van der Waals surface area contributed by atoms with Gasteiger partial charge in [-0.25, -0.2) is 4.57 Å². The van der Waals surface area contributed by atoms with E-state index < -0.39 is 6.07 Å². The quantitative estimate of drug-likeness (QED) is 0.754. The molecule has 1 aromatic carbocycles. The van der Waals surface area contributed by atoms with Crippen molar-refractivity contribution in [2.24, 2.45) is 0 Å². The maximum Gasteiger partial charge on any atom is 0.428 e. The highest BCUT2D eigenvalue weighted by Crippen LogP contribution is 2.57. The molecule has 0 saturated carbocycles. The average Bonchev–Trinajstić information content (AvgIpc) is 1.91. The second-order valence-electron chi connectivity index (χ2n) is 1.96. The highest BCUT2D eigenvalue weighted by molar-refractivity contribution is 9.10. The van der Waals surface area contributed by atoms with Gasteiger partial charge in [0.15, 0.2) is 0 Å². The Morgan fingerprint density at radius 3 is 2.17 bits per heavy atom. The summed E-state index contributed by atoms with van der Waals surface area (Å²) in [7, 11) is 0. The van der Waals surface area contributed by atoms with Gasteiger partial charge in [-0.05, 0) is 24.3 Å². The minimum atomic E-state index is -3.47. The summed E-state index contributed by atoms with van der Waals surface area (Å²) < 4.78 is 16.4. The van der Waals surface area contributed by atoms with E-state index in [0.29, 0.717) is 5.75 Å². The van der Waals surface area contributed by atoms with Gasteiger partial charge < -0.3 is 4.52 Å². The van der Waals surface area contributed by atoms with E-state index in [1.807, 2.05) is 0 Å². The van der Waals surface area contributed by atoms with Gasteiger partial charge in [0.25, 0.3) is 0 Å². The van der Waals surface area contributed by atoms with E-state index in [1.54, 1.807) is 24.3 Å². The van der Waals surface area contributed by atoms with E-state index in [0.717, 1.165) is 4.47 Å². The summed E-state index contributed by atoms with van der Waals surface area (Å²) in [4.78, 5) is 0. The maximum atomic E-state index is 10.8. The van der Waals surface area contributed by atoms with E-state index in [-0.39, 0.29) is 0 Å². The molecule has 6 heteroatoms. The van der Waals surface area contributed by atoms with Crippen LogP contribution >= 0.6 is 44.5 Å². The molecule has 0 fully saturated rings. The number of hydrogen-bond acceptors (Lipinski definition) is 2. The van der Waals surface area contributed by atoms with E-state index in [2.05, 4.69) is 15.9 Å². The Balaban J connectivity index is 2.78. The molecule has 0 aliphatic rings. The van der Waals surface area contributed by atoms with Crippen molar-refractivity contribution in [2.75, 3.05) is 0 Å². The van der Waals surface area contributed by atoms with Gasteiger partial charge in [0.1, 0.15) is 5.75 Å². The highest BCUT2D eigenvalue weighted by Gasteiger charge is 2.15. The standard InChI is InChI=1S/C6H4BrCl2O2P/c7-5-1-3-6(4-2-5)11-12(8,9)10/h1-4H. The van der Waals surface area contributed by atoms with Crippen LogP contribution in [0.3, 0.4) is 0 Å². The fourth-order valence-electron chi connectivity index (χ4n) is 0.618. The van der Waals surface area contributed by atoms with Gasteiger partial charge in [-0.3, -0.25) is 0 Å². The van der Waals surface area contributed by atoms with Crippen molar-refractivity contribution >= 4 is 44.5 Å². The van der Waals surface area contributed by atoms with Crippen LogP contribution in [0.15, 0.2) is 28.7 Å². The molecule has 0 heterocycles. The van der Waals surface area contributed by atoms with Crippen LogP contribution in [0, 0.1) is 0 Å². The normalized spacial score (nSPS) is 11.2. The lowest BCUT2D eigenvalue weighted by Gasteiger charge is -2.04. The predicted octanol–water partition coefficient (Wildman–Crippen LogP) is 4.41. The third-order valence-electron chi connectivity index (χ3n) is 1.03. The molecule has 12 heavy (non-hydrogen) atoms. The van der Waals surface area contributed by atoms with Gasteiger partial charge in [-0.15, -0.1) is 0 Å². The number of benzene rings is 1. The number of halogens is 3. The smallest absolute Gasteiger partial charge is 0.422 e. The lowest BCUT2D eigenvalue weighted by atomic mass is 10.3. The summed E-state index contributed by atoms with van der Waals surface area (Å²) in [6.07, 6.45) is -3.47. The maximum absolute atomic E-state index is 10.8. The largest absolute Gasteiger partial charge is 0.428 e. The van der Waals surface area contributed by atoms with Crippen LogP contribution in [-0.4, -0.2) is 0 Å². The van der Waals surface area contributed by atoms with E-state index >= 15 is 0 Å². The minimum absolute atomic E-state index is 0.381. The van der Waals surface area contributed by atoms with Crippen LogP contribution in [0.25, 0.3) is 0 Å². The molecule has 0 atom stereocenters. The van der Waals surface area contributed by atoms with Gasteiger partial charge in [0, 0.05) is 27.0 Å². The zero-order chi connectivity index (χ0) is 9.19. The van der Waals surface area contributed by atoms with E-state index in [9.17, 15) is 4.57 Å². The monoisotopic (exact) mass is 288 g/mol. The molecular formula is C6H4BrCl2O2P. The van der Waals surface area contributed by atoms with Crippen molar-refractivity contribution in [1.29, 1.82) is 0 Å². The minimum Gasteiger partial charge on any atom is -0.422 e. The summed E-state index contributed by atoms with van der Waals surface area (Å²) in [6.45, 7) is 0. The zero-order valence-corrected chi connectivity index (χ0v) is 9.70. The molecule has 0 amide bonds. The Hall–Kier alpha value is 0.310. The summed E-state index contributed by atoms with van der Waals surface area (Å²) in [6, 6.07) is 6.69. The Morgan fingerprint density at radius 2 is 1.75 bits per heavy atom. The van der Waals surface area contributed by atoms with Gasteiger partial charge in [0.05, 0.1) is 0 Å². The Bertz CT molecular complexity index is 308. The molecule has 66 valence electrons. The molecule has 0 aliphatic heterocycles. The Labute approximate surface area is 88.0 Å². The Morgan fingerprint density at radius 1 is 1.25 bits per heavy atom. The first kappa shape index (κ1) is 10.4. The third kappa shape index (κ3) is 3.81. The van der Waals surface area contributed by atoms with Crippen molar-refractivity contribution < 1.29 is 9.09 Å². The fraction of sp³-hybridized carbons (Fsp3) is 0. The fourth-order valence-corrected chi connectivity index (χ4v) is 1.73. The Kier molecular flexibility index (Phi) is 3.47. The molecule has 0 saturated heterocycles. The molecule has 0 unspecified atom stereocenters. The summed E-state index contributed by atoms with van der Waals surface area (Å²) in [5, 5.41) is 0. The summed E-state index contributed by atoms with van der Waals surface area (Å²) in [5.74, 6) is 0.381. The van der Waals surface area contributed by atoms with Crippen LogP contribution in [-0.2, 0) is 4.57 Å². The van der Waals surface area contributed by atoms with Gasteiger partial charge >= 0.3 is 6.07 Å². The highest BCUT2D eigenvalue weighted by atomic mass is 79.9. The summed E-state index contributed by atoms with van der Waals surface area (Å²) >= 11 is 13.6. The molecule has 1 rings (SSSR count). The molecule has 0 bridgehead atoms. The molecule has 0 N–H and O–H groups in total.